The molecule has 0 aliphatic rings. The van der Waals surface area contributed by atoms with Crippen LogP contribution in [0.1, 0.15) is 31.1 Å². The van der Waals surface area contributed by atoms with Gasteiger partial charge in [-0.15, -0.1) is 0 Å². The van der Waals surface area contributed by atoms with Crippen LogP contribution in [0.2, 0.25) is 0 Å². The molecule has 1 rings (SSSR count). The molecule has 0 atom stereocenters. The Labute approximate surface area is 115 Å². The van der Waals surface area contributed by atoms with E-state index in [0.29, 0.717) is 18.7 Å². The van der Waals surface area contributed by atoms with Crippen molar-refractivity contribution in [2.45, 2.75) is 20.8 Å². The Balaban J connectivity index is 2.63. The summed E-state index contributed by atoms with van der Waals surface area (Å²) in [6.07, 6.45) is 0. The molecule has 0 aliphatic heterocycles. The van der Waals surface area contributed by atoms with Crippen LogP contribution in [0.4, 0.5) is 4.39 Å². The molecule has 1 aromatic rings. The van der Waals surface area contributed by atoms with Gasteiger partial charge in [0.2, 0.25) is 0 Å². The minimum absolute atomic E-state index is 0.0327. The van der Waals surface area contributed by atoms with Crippen molar-refractivity contribution in [1.82, 2.24) is 9.80 Å². The molecule has 0 spiro atoms. The van der Waals surface area contributed by atoms with Crippen molar-refractivity contribution in [3.8, 4) is 0 Å². The number of halogens is 1. The summed E-state index contributed by atoms with van der Waals surface area (Å²) in [4.78, 5) is 16.3. The zero-order valence-corrected chi connectivity index (χ0v) is 12.0. The number of carbonyl (C=O) groups is 1. The van der Waals surface area contributed by atoms with Gasteiger partial charge in [-0.3, -0.25) is 4.79 Å². The number of likely N-dealkylation sites (N-methyl/N-ethyl adjacent to an activating group) is 2. The fraction of sp³-hybridized carbons (Fsp3) is 0.533. The van der Waals surface area contributed by atoms with Crippen molar-refractivity contribution in [1.29, 1.82) is 0 Å². The van der Waals surface area contributed by atoms with Crippen molar-refractivity contribution in [2.24, 2.45) is 0 Å². The van der Waals surface area contributed by atoms with Gasteiger partial charge in [-0.2, -0.15) is 0 Å². The highest BCUT2D eigenvalue weighted by Gasteiger charge is 2.14. The molecule has 1 amide bonds. The Hall–Kier alpha value is -1.42. The van der Waals surface area contributed by atoms with E-state index in [1.165, 1.54) is 24.3 Å². The lowest BCUT2D eigenvalue weighted by atomic mass is 10.2. The van der Waals surface area contributed by atoms with E-state index in [1.54, 1.807) is 4.90 Å². The SMILES string of the molecule is CCN(CC)CCN(CC)C(=O)c1ccc(F)cc1. The fourth-order valence-corrected chi connectivity index (χ4v) is 1.98. The van der Waals surface area contributed by atoms with Crippen LogP contribution in [0.25, 0.3) is 0 Å². The largest absolute Gasteiger partial charge is 0.338 e. The first-order chi connectivity index (χ1) is 9.12. The number of carbonyl (C=O) groups excluding carboxylic acids is 1. The average Bonchev–Trinajstić information content (AvgIpc) is 2.44. The maximum Gasteiger partial charge on any atom is 0.253 e. The number of rotatable bonds is 7. The third-order valence-electron chi connectivity index (χ3n) is 3.34. The number of hydrogen-bond donors (Lipinski definition) is 0. The van der Waals surface area contributed by atoms with E-state index in [4.69, 9.17) is 0 Å². The summed E-state index contributed by atoms with van der Waals surface area (Å²) < 4.78 is 12.8. The van der Waals surface area contributed by atoms with Gasteiger partial charge in [0.25, 0.3) is 5.91 Å². The number of benzene rings is 1. The van der Waals surface area contributed by atoms with Crippen LogP contribution in [0.5, 0.6) is 0 Å². The van der Waals surface area contributed by atoms with Crippen LogP contribution >= 0.6 is 0 Å². The molecule has 0 unspecified atom stereocenters. The molecule has 0 fully saturated rings. The summed E-state index contributed by atoms with van der Waals surface area (Å²) in [6, 6.07) is 5.73. The smallest absolute Gasteiger partial charge is 0.253 e. The highest BCUT2D eigenvalue weighted by Crippen LogP contribution is 2.07. The number of hydrogen-bond acceptors (Lipinski definition) is 2. The molecule has 1 aromatic carbocycles. The molecule has 0 saturated carbocycles. The summed E-state index contributed by atoms with van der Waals surface area (Å²) in [5.74, 6) is -0.350. The second-order valence-corrected chi connectivity index (χ2v) is 4.42. The van der Waals surface area contributed by atoms with E-state index < -0.39 is 0 Å². The van der Waals surface area contributed by atoms with E-state index in [-0.39, 0.29) is 11.7 Å². The molecule has 19 heavy (non-hydrogen) atoms. The quantitative estimate of drug-likeness (QED) is 0.757. The second kappa shape index (κ2) is 7.89. The van der Waals surface area contributed by atoms with E-state index in [2.05, 4.69) is 18.7 Å². The third-order valence-corrected chi connectivity index (χ3v) is 3.34. The zero-order valence-electron chi connectivity index (χ0n) is 12.0. The van der Waals surface area contributed by atoms with Gasteiger partial charge in [0.15, 0.2) is 0 Å². The number of amides is 1. The first-order valence-corrected chi connectivity index (χ1v) is 6.89. The van der Waals surface area contributed by atoms with Gasteiger partial charge in [-0.1, -0.05) is 13.8 Å². The van der Waals surface area contributed by atoms with Crippen LogP contribution in [0.15, 0.2) is 24.3 Å². The van der Waals surface area contributed by atoms with Crippen LogP contribution in [-0.4, -0.2) is 48.4 Å². The molecular weight excluding hydrogens is 243 g/mol. The normalized spacial score (nSPS) is 10.8. The van der Waals surface area contributed by atoms with Crippen LogP contribution in [0, 0.1) is 5.82 Å². The predicted octanol–water partition coefficient (Wildman–Crippen LogP) is 2.63. The van der Waals surface area contributed by atoms with Gasteiger partial charge in [0, 0.05) is 25.2 Å². The van der Waals surface area contributed by atoms with Crippen molar-refractivity contribution < 1.29 is 9.18 Å². The molecule has 0 aliphatic carbocycles. The minimum Gasteiger partial charge on any atom is -0.338 e. The van der Waals surface area contributed by atoms with Crippen LogP contribution in [0.3, 0.4) is 0 Å². The molecule has 0 aromatic heterocycles. The summed E-state index contributed by atoms with van der Waals surface area (Å²) in [5, 5.41) is 0. The Kier molecular flexibility index (Phi) is 6.50. The van der Waals surface area contributed by atoms with Crippen LogP contribution < -0.4 is 0 Å². The Morgan fingerprint density at radius 1 is 1.00 bits per heavy atom. The molecule has 0 N–H and O–H groups in total. The van der Waals surface area contributed by atoms with Gasteiger partial charge < -0.3 is 9.80 Å². The second-order valence-electron chi connectivity index (χ2n) is 4.42. The van der Waals surface area contributed by atoms with Gasteiger partial charge in [0.1, 0.15) is 5.82 Å². The third kappa shape index (κ3) is 4.63. The molecule has 0 saturated heterocycles. The first-order valence-electron chi connectivity index (χ1n) is 6.89. The van der Waals surface area contributed by atoms with E-state index in [1.807, 2.05) is 6.92 Å². The van der Waals surface area contributed by atoms with Crippen molar-refractivity contribution in [3.05, 3.63) is 35.6 Å². The summed E-state index contributed by atoms with van der Waals surface area (Å²) in [5.41, 5.74) is 0.544. The van der Waals surface area contributed by atoms with Crippen molar-refractivity contribution in [2.75, 3.05) is 32.7 Å². The molecule has 4 heteroatoms. The lowest BCUT2D eigenvalue weighted by Crippen LogP contribution is -2.38. The molecular formula is C15H23FN2O. The highest BCUT2D eigenvalue weighted by atomic mass is 19.1. The summed E-state index contributed by atoms with van der Waals surface area (Å²) >= 11 is 0. The zero-order chi connectivity index (χ0) is 14.3. The van der Waals surface area contributed by atoms with Gasteiger partial charge in [-0.05, 0) is 44.3 Å². The Morgan fingerprint density at radius 2 is 1.58 bits per heavy atom. The highest BCUT2D eigenvalue weighted by molar-refractivity contribution is 5.94. The van der Waals surface area contributed by atoms with E-state index in [9.17, 15) is 9.18 Å². The predicted molar refractivity (Wildman–Crippen MR) is 75.8 cm³/mol. The van der Waals surface area contributed by atoms with Gasteiger partial charge >= 0.3 is 0 Å². The monoisotopic (exact) mass is 266 g/mol. The lowest BCUT2D eigenvalue weighted by Gasteiger charge is -2.25. The summed E-state index contributed by atoms with van der Waals surface area (Å²) in [6.45, 7) is 10.4. The van der Waals surface area contributed by atoms with Gasteiger partial charge in [0.05, 0.1) is 0 Å². The molecule has 0 heterocycles. The molecule has 106 valence electrons. The van der Waals surface area contributed by atoms with Crippen molar-refractivity contribution in [3.63, 3.8) is 0 Å². The standard InChI is InChI=1S/C15H23FN2O/c1-4-17(5-2)11-12-18(6-3)15(19)13-7-9-14(16)10-8-13/h7-10H,4-6,11-12H2,1-3H3. The fourth-order valence-electron chi connectivity index (χ4n) is 1.98. The molecule has 0 radical (unpaired) electrons. The number of nitrogens with zero attached hydrogens (tertiary/aromatic N) is 2. The van der Waals surface area contributed by atoms with Crippen LogP contribution in [-0.2, 0) is 0 Å². The average molecular weight is 266 g/mol. The summed E-state index contributed by atoms with van der Waals surface area (Å²) in [7, 11) is 0. The van der Waals surface area contributed by atoms with E-state index >= 15 is 0 Å². The maximum atomic E-state index is 12.8. The molecule has 3 nitrogen and oxygen atoms in total. The topological polar surface area (TPSA) is 23.6 Å². The minimum atomic E-state index is -0.317. The van der Waals surface area contributed by atoms with Gasteiger partial charge in [-0.25, -0.2) is 4.39 Å². The first kappa shape index (κ1) is 15.6. The Morgan fingerprint density at radius 3 is 2.05 bits per heavy atom. The van der Waals surface area contributed by atoms with E-state index in [0.717, 1.165) is 19.6 Å². The molecule has 0 bridgehead atoms. The maximum absolute atomic E-state index is 12.8. The Bertz CT molecular complexity index is 388. The lowest BCUT2D eigenvalue weighted by molar-refractivity contribution is 0.0746. The van der Waals surface area contributed by atoms with Crippen molar-refractivity contribution >= 4 is 5.91 Å².